The van der Waals surface area contributed by atoms with Gasteiger partial charge in [-0.05, 0) is 0 Å². The van der Waals surface area contributed by atoms with Crippen LogP contribution in [0.2, 0.25) is 0 Å². The summed E-state index contributed by atoms with van der Waals surface area (Å²) in [7, 11) is 8.35. The van der Waals surface area contributed by atoms with Crippen molar-refractivity contribution in [1.82, 2.24) is 0 Å². The van der Waals surface area contributed by atoms with Crippen LogP contribution in [0.25, 0.3) is 10.0 Å². The second kappa shape index (κ2) is 9.32. The van der Waals surface area contributed by atoms with Crippen molar-refractivity contribution in [3.63, 3.8) is 0 Å². The van der Waals surface area contributed by atoms with Crippen LogP contribution in [0.1, 0.15) is 22.3 Å². The summed E-state index contributed by atoms with van der Waals surface area (Å²) in [4.78, 5) is 2.15. The first-order valence-corrected chi connectivity index (χ1v) is 12.6. The van der Waals surface area contributed by atoms with Crippen LogP contribution in [0.4, 0.5) is 5.69 Å². The molecular weight excluding hydrogens is 455 g/mol. The van der Waals surface area contributed by atoms with Gasteiger partial charge in [0, 0.05) is 0 Å². The number of hydrogen-bond acceptors (Lipinski definition) is 1. The van der Waals surface area contributed by atoms with Crippen LogP contribution in [0.5, 0.6) is 0 Å². The van der Waals surface area contributed by atoms with E-state index in [4.69, 9.17) is 0 Å². The molecule has 2 aromatic carbocycles. The molecule has 0 saturated carbocycles. The Morgan fingerprint density at radius 3 is 1.94 bits per heavy atom. The molecule has 1 aliphatic heterocycles. The number of rotatable bonds is 3. The Morgan fingerprint density at radius 1 is 0.750 bits per heavy atom. The molecule has 2 nitrogen and oxygen atoms in total. The van der Waals surface area contributed by atoms with Gasteiger partial charge in [-0.1, -0.05) is 0 Å². The van der Waals surface area contributed by atoms with Gasteiger partial charge >= 0.3 is 199 Å². The molecule has 2 aliphatic rings. The van der Waals surface area contributed by atoms with Crippen LogP contribution in [-0.2, 0) is 0 Å². The zero-order chi connectivity index (χ0) is 22.8. The quantitative estimate of drug-likeness (QED) is 0.404. The molecule has 162 valence electrons. The molecule has 2 aromatic rings. The minimum absolute atomic E-state index is 0.238. The molecule has 0 radical (unpaired) electrons. The van der Waals surface area contributed by atoms with Crippen molar-refractivity contribution in [2.45, 2.75) is 13.8 Å². The molecule has 3 heteroatoms. The van der Waals surface area contributed by atoms with Crippen LogP contribution >= 0.6 is 0 Å². The third-order valence-corrected chi connectivity index (χ3v) is 8.09. The van der Waals surface area contributed by atoms with Crippen molar-refractivity contribution in [3.05, 3.63) is 111 Å². The number of nitrogens with zero attached hydrogens (tertiary/aromatic N) is 2. The van der Waals surface area contributed by atoms with Gasteiger partial charge in [0.15, 0.2) is 0 Å². The Kier molecular flexibility index (Phi) is 6.50. The summed E-state index contributed by atoms with van der Waals surface area (Å²) in [6, 6.07) is 15.8. The summed E-state index contributed by atoms with van der Waals surface area (Å²) in [6.07, 6.45) is 13.8. The van der Waals surface area contributed by atoms with Crippen LogP contribution in [0.3, 0.4) is 0 Å². The number of anilines is 1. The van der Waals surface area contributed by atoms with Gasteiger partial charge in [0.1, 0.15) is 0 Å². The molecule has 1 heterocycles. The molecule has 32 heavy (non-hydrogen) atoms. The predicted octanol–water partition coefficient (Wildman–Crippen LogP) is 5.60. The summed E-state index contributed by atoms with van der Waals surface area (Å²) < 4.78 is 4.99. The van der Waals surface area contributed by atoms with E-state index in [0.29, 0.717) is 0 Å². The van der Waals surface area contributed by atoms with Crippen molar-refractivity contribution in [3.8, 4) is 0 Å². The van der Waals surface area contributed by atoms with Crippen LogP contribution in [-0.4, -0.2) is 53.4 Å². The average Bonchev–Trinajstić information content (AvgIpc) is 2.78. The topological polar surface area (TPSA) is 6.25 Å². The van der Waals surface area contributed by atoms with Crippen LogP contribution in [0.15, 0.2) is 89.0 Å². The standard InChI is InChI=1S/C29H31N2Se/c1-20-15-21(2)17-24(16-20)25-18-28(22-7-11-26(12-8-22)30(3)4)32-29(19-25)23-9-13-27(14-10-23)31(5)6/h7-19H,1-6H3/q+1. The maximum absolute atomic E-state index is 2.40. The van der Waals surface area contributed by atoms with Gasteiger partial charge in [-0.15, -0.1) is 0 Å². The Hall–Kier alpha value is -2.87. The van der Waals surface area contributed by atoms with E-state index < -0.39 is 0 Å². The van der Waals surface area contributed by atoms with Gasteiger partial charge in [-0.2, -0.15) is 0 Å². The Labute approximate surface area is 198 Å². The molecule has 0 saturated heterocycles. The summed E-state index contributed by atoms with van der Waals surface area (Å²) in [5.74, 6) is 0. The SMILES string of the molecule is Cc1cc(C)cc(C2=CC(=C3C=CC(=[N+](C)C)C=C3)[Se]C(c3ccc(N(C)C)cc3)=C2)c1. The normalized spacial score (nSPS) is 15.6. The van der Waals surface area contributed by atoms with E-state index in [1.165, 1.54) is 53.7 Å². The third kappa shape index (κ3) is 4.96. The van der Waals surface area contributed by atoms with Crippen molar-refractivity contribution in [2.75, 3.05) is 33.1 Å². The molecule has 0 bridgehead atoms. The zero-order valence-corrected chi connectivity index (χ0v) is 21.5. The number of benzene rings is 2. The molecule has 0 N–H and O–H groups in total. The molecular formula is C29H31N2Se+. The van der Waals surface area contributed by atoms with Crippen molar-refractivity contribution in [2.24, 2.45) is 0 Å². The summed E-state index contributed by atoms with van der Waals surface area (Å²) >= 11 is 0.238. The number of allylic oxidation sites excluding steroid dienone is 9. The fraction of sp³-hybridized carbons (Fsp3) is 0.207. The fourth-order valence-electron chi connectivity index (χ4n) is 3.94. The van der Waals surface area contributed by atoms with E-state index in [1.807, 2.05) is 0 Å². The van der Waals surface area contributed by atoms with Crippen molar-refractivity contribution in [1.29, 1.82) is 0 Å². The van der Waals surface area contributed by atoms with E-state index in [1.54, 1.807) is 0 Å². The Bertz CT molecular complexity index is 1190. The second-order valence-electron chi connectivity index (χ2n) is 8.83. The third-order valence-electron chi connectivity index (χ3n) is 5.68. The molecule has 0 fully saturated rings. The van der Waals surface area contributed by atoms with Crippen molar-refractivity contribution < 1.29 is 4.58 Å². The van der Waals surface area contributed by atoms with Gasteiger partial charge in [0.05, 0.1) is 0 Å². The van der Waals surface area contributed by atoms with Crippen molar-refractivity contribution >= 4 is 36.4 Å². The molecule has 0 atom stereocenters. The van der Waals surface area contributed by atoms with Gasteiger partial charge in [0.2, 0.25) is 0 Å². The first-order chi connectivity index (χ1) is 15.3. The first kappa shape index (κ1) is 22.3. The van der Waals surface area contributed by atoms with E-state index >= 15 is 0 Å². The van der Waals surface area contributed by atoms with E-state index in [2.05, 4.69) is 130 Å². The minimum atomic E-state index is 0.238. The Morgan fingerprint density at radius 2 is 1.38 bits per heavy atom. The van der Waals surface area contributed by atoms with Gasteiger partial charge in [-0.3, -0.25) is 0 Å². The predicted molar refractivity (Wildman–Crippen MR) is 141 cm³/mol. The molecule has 1 aliphatic carbocycles. The second-order valence-corrected chi connectivity index (χ2v) is 11.1. The average molecular weight is 487 g/mol. The molecule has 0 unspecified atom stereocenters. The molecule has 0 aromatic heterocycles. The molecule has 0 spiro atoms. The fourth-order valence-corrected chi connectivity index (χ4v) is 6.28. The first-order valence-electron chi connectivity index (χ1n) is 10.9. The van der Waals surface area contributed by atoms with E-state index in [-0.39, 0.29) is 15.0 Å². The van der Waals surface area contributed by atoms with Crippen LogP contribution < -0.4 is 4.90 Å². The van der Waals surface area contributed by atoms with Gasteiger partial charge in [-0.25, -0.2) is 0 Å². The molecule has 0 amide bonds. The number of aryl methyl sites for hydroxylation is 2. The monoisotopic (exact) mass is 487 g/mol. The Balaban J connectivity index is 1.81. The molecule has 4 rings (SSSR count). The summed E-state index contributed by atoms with van der Waals surface area (Å²) in [5, 5.41) is 0. The number of hydrogen-bond donors (Lipinski definition) is 0. The zero-order valence-electron chi connectivity index (χ0n) is 19.8. The summed E-state index contributed by atoms with van der Waals surface area (Å²) in [5.41, 5.74) is 10.3. The van der Waals surface area contributed by atoms with E-state index in [9.17, 15) is 0 Å². The summed E-state index contributed by atoms with van der Waals surface area (Å²) in [6.45, 7) is 4.36. The van der Waals surface area contributed by atoms with Gasteiger partial charge < -0.3 is 0 Å². The van der Waals surface area contributed by atoms with Gasteiger partial charge in [0.25, 0.3) is 0 Å². The van der Waals surface area contributed by atoms with Crippen LogP contribution in [0, 0.1) is 13.8 Å². The van der Waals surface area contributed by atoms with E-state index in [0.717, 1.165) is 0 Å². The maximum atomic E-state index is 2.40.